The van der Waals surface area contributed by atoms with Crippen molar-refractivity contribution in [3.05, 3.63) is 36.5 Å². The summed E-state index contributed by atoms with van der Waals surface area (Å²) in [6.45, 7) is 2.44. The second-order valence-corrected chi connectivity index (χ2v) is 3.66. The Morgan fingerprint density at radius 2 is 2.44 bits per heavy atom. The van der Waals surface area contributed by atoms with Gasteiger partial charge in [-0.2, -0.15) is 0 Å². The van der Waals surface area contributed by atoms with Crippen molar-refractivity contribution in [2.45, 2.75) is 19.4 Å². The molecule has 1 radical (unpaired) electrons. The number of ether oxygens (including phenoxy) is 1. The molecule has 1 aromatic carbocycles. The molecule has 4 heteroatoms. The highest BCUT2D eigenvalue weighted by molar-refractivity contribution is 5.89. The van der Waals surface area contributed by atoms with Crippen LogP contribution < -0.4 is 4.90 Å². The average Bonchev–Trinajstić information content (AvgIpc) is 2.60. The van der Waals surface area contributed by atoms with Gasteiger partial charge < -0.3 is 4.74 Å². The summed E-state index contributed by atoms with van der Waals surface area (Å²) >= 11 is 0. The molecule has 2 rings (SSSR count). The molecule has 1 saturated heterocycles. The Morgan fingerprint density at radius 3 is 3.12 bits per heavy atom. The monoisotopic (exact) mass is 222 g/mol. The summed E-state index contributed by atoms with van der Waals surface area (Å²) in [5.41, 5.74) is 0.539. The van der Waals surface area contributed by atoms with Crippen molar-refractivity contribution in [2.75, 3.05) is 11.4 Å². The van der Waals surface area contributed by atoms with Crippen LogP contribution in [-0.2, 0) is 4.74 Å². The molecular weight excluding hydrogens is 209 g/mol. The van der Waals surface area contributed by atoms with Crippen LogP contribution in [0.3, 0.4) is 0 Å². The first-order valence-electron chi connectivity index (χ1n) is 5.27. The first-order valence-corrected chi connectivity index (χ1v) is 5.27. The molecule has 1 aromatic rings. The quantitative estimate of drug-likeness (QED) is 0.787. The number of benzene rings is 1. The van der Waals surface area contributed by atoms with Crippen LogP contribution in [0.25, 0.3) is 0 Å². The van der Waals surface area contributed by atoms with Crippen LogP contribution in [0, 0.1) is 12.2 Å². The number of amides is 1. The van der Waals surface area contributed by atoms with Gasteiger partial charge in [0.2, 0.25) is 0 Å². The molecule has 1 amide bonds. The molecule has 3 nitrogen and oxygen atoms in total. The summed E-state index contributed by atoms with van der Waals surface area (Å²) in [6.07, 6.45) is 2.16. The van der Waals surface area contributed by atoms with Gasteiger partial charge in [0.05, 0.1) is 12.2 Å². The topological polar surface area (TPSA) is 29.5 Å². The Balaban J connectivity index is 2.13. The number of nitrogens with zero attached hydrogens (tertiary/aromatic N) is 1. The Kier molecular flexibility index (Phi) is 3.08. The molecule has 1 heterocycles. The predicted octanol–water partition coefficient (Wildman–Crippen LogP) is 2.77. The van der Waals surface area contributed by atoms with Gasteiger partial charge in [-0.05, 0) is 24.6 Å². The zero-order chi connectivity index (χ0) is 11.5. The van der Waals surface area contributed by atoms with Crippen molar-refractivity contribution >= 4 is 11.8 Å². The predicted molar refractivity (Wildman–Crippen MR) is 58.6 cm³/mol. The Labute approximate surface area is 93.8 Å². The fraction of sp³-hybridized carbons (Fsp3) is 0.333. The fourth-order valence-electron chi connectivity index (χ4n) is 1.73. The van der Waals surface area contributed by atoms with Crippen LogP contribution in [0.4, 0.5) is 14.9 Å². The van der Waals surface area contributed by atoms with E-state index >= 15 is 0 Å². The molecule has 0 bridgehead atoms. The molecular formula is C12H13FNO2. The maximum Gasteiger partial charge on any atom is 0.414 e. The first kappa shape index (κ1) is 10.9. The smallest absolute Gasteiger partial charge is 0.414 e. The molecule has 1 atom stereocenters. The lowest BCUT2D eigenvalue weighted by Gasteiger charge is -2.12. The van der Waals surface area contributed by atoms with Gasteiger partial charge in [0, 0.05) is 6.42 Å². The SMILES string of the molecule is CC[CH][C@@H]1CN(c2cccc(F)c2)C(=O)O1. The largest absolute Gasteiger partial charge is 0.444 e. The van der Waals surface area contributed by atoms with Gasteiger partial charge in [-0.25, -0.2) is 9.18 Å². The molecule has 0 unspecified atom stereocenters. The minimum Gasteiger partial charge on any atom is -0.444 e. The number of hydrogen-bond acceptors (Lipinski definition) is 2. The molecule has 0 spiro atoms. The highest BCUT2D eigenvalue weighted by atomic mass is 19.1. The van der Waals surface area contributed by atoms with E-state index in [2.05, 4.69) is 0 Å². The number of carbonyl (C=O) groups is 1. The van der Waals surface area contributed by atoms with Crippen molar-refractivity contribution in [3.63, 3.8) is 0 Å². The van der Waals surface area contributed by atoms with Gasteiger partial charge in [0.15, 0.2) is 0 Å². The van der Waals surface area contributed by atoms with E-state index in [-0.39, 0.29) is 11.9 Å². The van der Waals surface area contributed by atoms with E-state index in [4.69, 9.17) is 4.74 Å². The molecule has 0 saturated carbocycles. The van der Waals surface area contributed by atoms with Crippen LogP contribution in [0.1, 0.15) is 13.3 Å². The van der Waals surface area contributed by atoms with Crippen LogP contribution in [-0.4, -0.2) is 18.7 Å². The van der Waals surface area contributed by atoms with Crippen LogP contribution >= 0.6 is 0 Å². The second kappa shape index (κ2) is 4.51. The van der Waals surface area contributed by atoms with Crippen LogP contribution in [0.2, 0.25) is 0 Å². The van der Waals surface area contributed by atoms with E-state index < -0.39 is 6.09 Å². The zero-order valence-corrected chi connectivity index (χ0v) is 9.02. The maximum atomic E-state index is 13.0. The number of cyclic esters (lactones) is 1. The number of halogens is 1. The Bertz CT molecular complexity index is 394. The first-order chi connectivity index (χ1) is 7.70. The molecule has 1 aliphatic heterocycles. The molecule has 1 fully saturated rings. The number of hydrogen-bond donors (Lipinski definition) is 0. The highest BCUT2D eigenvalue weighted by Crippen LogP contribution is 2.23. The third-order valence-corrected chi connectivity index (χ3v) is 2.45. The lowest BCUT2D eigenvalue weighted by Crippen LogP contribution is -2.24. The van der Waals surface area contributed by atoms with E-state index in [1.54, 1.807) is 12.1 Å². The maximum absolute atomic E-state index is 13.0. The zero-order valence-electron chi connectivity index (χ0n) is 9.02. The molecule has 85 valence electrons. The van der Waals surface area contributed by atoms with E-state index in [1.807, 2.05) is 13.3 Å². The second-order valence-electron chi connectivity index (χ2n) is 3.66. The summed E-state index contributed by atoms with van der Waals surface area (Å²) in [5.74, 6) is -0.353. The van der Waals surface area contributed by atoms with Gasteiger partial charge in [0.25, 0.3) is 0 Å². The standard InChI is InChI=1S/C12H13FNO2/c1-2-4-11-8-14(12(15)16-11)10-6-3-5-9(13)7-10/h3-7,11H,2,8H2,1H3/t11-/m1/s1. The molecule has 0 aliphatic carbocycles. The minimum atomic E-state index is -0.416. The number of rotatable bonds is 3. The van der Waals surface area contributed by atoms with Crippen molar-refractivity contribution in [3.8, 4) is 0 Å². The van der Waals surface area contributed by atoms with Gasteiger partial charge in [-0.15, -0.1) is 0 Å². The van der Waals surface area contributed by atoms with E-state index in [9.17, 15) is 9.18 Å². The molecule has 1 aliphatic rings. The summed E-state index contributed by atoms with van der Waals surface area (Å²) < 4.78 is 18.1. The van der Waals surface area contributed by atoms with Gasteiger partial charge in [-0.3, -0.25) is 4.90 Å². The third kappa shape index (κ3) is 2.15. The van der Waals surface area contributed by atoms with E-state index in [0.29, 0.717) is 12.2 Å². The summed E-state index contributed by atoms with van der Waals surface area (Å²) in [6, 6.07) is 5.95. The molecule has 0 N–H and O–H groups in total. The third-order valence-electron chi connectivity index (χ3n) is 2.45. The van der Waals surface area contributed by atoms with Crippen molar-refractivity contribution in [1.82, 2.24) is 0 Å². The van der Waals surface area contributed by atoms with Crippen LogP contribution in [0.15, 0.2) is 24.3 Å². The van der Waals surface area contributed by atoms with E-state index in [0.717, 1.165) is 6.42 Å². The van der Waals surface area contributed by atoms with Crippen molar-refractivity contribution in [1.29, 1.82) is 0 Å². The van der Waals surface area contributed by atoms with Crippen LogP contribution in [0.5, 0.6) is 0 Å². The Morgan fingerprint density at radius 1 is 1.62 bits per heavy atom. The van der Waals surface area contributed by atoms with Crippen molar-refractivity contribution in [2.24, 2.45) is 0 Å². The normalized spacial score (nSPS) is 20.0. The summed E-state index contributed by atoms with van der Waals surface area (Å²) in [7, 11) is 0. The Hall–Kier alpha value is -1.58. The van der Waals surface area contributed by atoms with Gasteiger partial charge in [0.1, 0.15) is 11.9 Å². The minimum absolute atomic E-state index is 0.194. The highest BCUT2D eigenvalue weighted by Gasteiger charge is 2.31. The fourth-order valence-corrected chi connectivity index (χ4v) is 1.73. The van der Waals surface area contributed by atoms with Crippen molar-refractivity contribution < 1.29 is 13.9 Å². The van der Waals surface area contributed by atoms with E-state index in [1.165, 1.54) is 17.0 Å². The lowest BCUT2D eigenvalue weighted by molar-refractivity contribution is 0.153. The van der Waals surface area contributed by atoms with Gasteiger partial charge >= 0.3 is 6.09 Å². The summed E-state index contributed by atoms with van der Waals surface area (Å²) in [5, 5.41) is 0. The molecule has 0 aromatic heterocycles. The average molecular weight is 222 g/mol. The summed E-state index contributed by atoms with van der Waals surface area (Å²) in [4.78, 5) is 13.0. The number of carbonyl (C=O) groups excluding carboxylic acids is 1. The number of anilines is 1. The molecule has 16 heavy (non-hydrogen) atoms. The van der Waals surface area contributed by atoms with Gasteiger partial charge in [-0.1, -0.05) is 13.0 Å². The lowest BCUT2D eigenvalue weighted by atomic mass is 10.2.